The second-order valence-corrected chi connectivity index (χ2v) is 5.25. The highest BCUT2D eigenvalue weighted by Crippen LogP contribution is 2.10. The Hall–Kier alpha value is -0.120. The van der Waals surface area contributed by atoms with E-state index in [2.05, 4.69) is 22.0 Å². The predicted octanol–water partition coefficient (Wildman–Crippen LogP) is 1.16. The van der Waals surface area contributed by atoms with E-state index in [-0.39, 0.29) is 0 Å². The summed E-state index contributed by atoms with van der Waals surface area (Å²) in [5.74, 6) is 0. The van der Waals surface area contributed by atoms with Crippen molar-refractivity contribution in [1.82, 2.24) is 15.1 Å². The lowest BCUT2D eigenvalue weighted by molar-refractivity contribution is 0.117. The van der Waals surface area contributed by atoms with Crippen molar-refractivity contribution >= 4 is 0 Å². The molecule has 0 unspecified atom stereocenters. The first-order valence-corrected chi connectivity index (χ1v) is 7.07. The third-order valence-corrected chi connectivity index (χ3v) is 3.94. The van der Waals surface area contributed by atoms with Crippen molar-refractivity contribution < 1.29 is 0 Å². The van der Waals surface area contributed by atoms with Gasteiger partial charge in [0.1, 0.15) is 0 Å². The third-order valence-electron chi connectivity index (χ3n) is 3.94. The lowest BCUT2D eigenvalue weighted by Gasteiger charge is -2.39. The molecule has 16 heavy (non-hydrogen) atoms. The minimum absolute atomic E-state index is 0.824. The van der Waals surface area contributed by atoms with Crippen LogP contribution in [0.2, 0.25) is 0 Å². The number of nitrogens with one attached hydrogen (secondary N) is 1. The fourth-order valence-electron chi connectivity index (χ4n) is 2.75. The van der Waals surface area contributed by atoms with E-state index in [4.69, 9.17) is 0 Å². The van der Waals surface area contributed by atoms with Gasteiger partial charge in [-0.2, -0.15) is 0 Å². The van der Waals surface area contributed by atoms with Crippen molar-refractivity contribution in [3.05, 3.63) is 0 Å². The van der Waals surface area contributed by atoms with Gasteiger partial charge >= 0.3 is 0 Å². The van der Waals surface area contributed by atoms with Crippen LogP contribution in [0.15, 0.2) is 0 Å². The lowest BCUT2D eigenvalue weighted by atomic mass is 10.1. The van der Waals surface area contributed by atoms with Crippen LogP contribution in [-0.4, -0.2) is 61.7 Å². The molecule has 2 aliphatic rings. The van der Waals surface area contributed by atoms with Crippen LogP contribution in [0.1, 0.15) is 32.6 Å². The van der Waals surface area contributed by atoms with Crippen molar-refractivity contribution in [3.8, 4) is 0 Å². The molecule has 0 aromatic rings. The molecule has 2 heterocycles. The monoisotopic (exact) mass is 225 g/mol. The molecule has 2 rings (SSSR count). The van der Waals surface area contributed by atoms with Crippen molar-refractivity contribution in [2.45, 2.75) is 38.6 Å². The van der Waals surface area contributed by atoms with Crippen molar-refractivity contribution in [1.29, 1.82) is 0 Å². The Labute approximate surface area is 100 Å². The van der Waals surface area contributed by atoms with Gasteiger partial charge in [-0.05, 0) is 38.9 Å². The highest BCUT2D eigenvalue weighted by molar-refractivity contribution is 4.85. The molecule has 0 aromatic heterocycles. The zero-order chi connectivity index (χ0) is 11.2. The Bertz CT molecular complexity index is 186. The largest absolute Gasteiger partial charge is 0.314 e. The van der Waals surface area contributed by atoms with Gasteiger partial charge in [-0.25, -0.2) is 0 Å². The molecular weight excluding hydrogens is 198 g/mol. The van der Waals surface area contributed by atoms with Crippen molar-refractivity contribution in [3.63, 3.8) is 0 Å². The SMILES string of the molecule is CCCN(CCN1CCCCC1)C1CNC1. The van der Waals surface area contributed by atoms with Gasteiger partial charge in [-0.3, -0.25) is 4.90 Å². The summed E-state index contributed by atoms with van der Waals surface area (Å²) in [6.45, 7) is 11.2. The van der Waals surface area contributed by atoms with Crippen LogP contribution in [0.3, 0.4) is 0 Å². The topological polar surface area (TPSA) is 18.5 Å². The maximum Gasteiger partial charge on any atom is 0.0345 e. The van der Waals surface area contributed by atoms with Crippen LogP contribution in [0, 0.1) is 0 Å². The maximum absolute atomic E-state index is 3.38. The van der Waals surface area contributed by atoms with Crippen LogP contribution >= 0.6 is 0 Å². The Kier molecular flexibility index (Phi) is 5.07. The predicted molar refractivity (Wildman–Crippen MR) is 68.8 cm³/mol. The molecule has 0 amide bonds. The smallest absolute Gasteiger partial charge is 0.0345 e. The summed E-state index contributed by atoms with van der Waals surface area (Å²) in [4.78, 5) is 5.34. The van der Waals surface area contributed by atoms with E-state index in [0.717, 1.165) is 6.04 Å². The zero-order valence-corrected chi connectivity index (χ0v) is 10.7. The molecular formula is C13H27N3. The summed E-state index contributed by atoms with van der Waals surface area (Å²) in [7, 11) is 0. The van der Waals surface area contributed by atoms with Crippen LogP contribution in [0.5, 0.6) is 0 Å². The zero-order valence-electron chi connectivity index (χ0n) is 10.7. The molecule has 0 aliphatic carbocycles. The molecule has 2 fully saturated rings. The minimum Gasteiger partial charge on any atom is -0.314 e. The molecule has 0 saturated carbocycles. The Morgan fingerprint density at radius 1 is 1.12 bits per heavy atom. The van der Waals surface area contributed by atoms with Gasteiger partial charge in [-0.15, -0.1) is 0 Å². The second-order valence-electron chi connectivity index (χ2n) is 5.25. The van der Waals surface area contributed by atoms with Gasteiger partial charge < -0.3 is 10.2 Å². The van der Waals surface area contributed by atoms with Crippen LogP contribution < -0.4 is 5.32 Å². The van der Waals surface area contributed by atoms with E-state index >= 15 is 0 Å². The van der Waals surface area contributed by atoms with Gasteiger partial charge in [0.2, 0.25) is 0 Å². The maximum atomic E-state index is 3.38. The van der Waals surface area contributed by atoms with E-state index < -0.39 is 0 Å². The minimum atomic E-state index is 0.824. The molecule has 3 heteroatoms. The average molecular weight is 225 g/mol. The molecule has 94 valence electrons. The lowest BCUT2D eigenvalue weighted by Crippen LogP contribution is -2.58. The fraction of sp³-hybridized carbons (Fsp3) is 1.00. The quantitative estimate of drug-likeness (QED) is 0.732. The molecule has 0 radical (unpaired) electrons. The van der Waals surface area contributed by atoms with Gasteiger partial charge in [0.25, 0.3) is 0 Å². The van der Waals surface area contributed by atoms with Crippen LogP contribution in [-0.2, 0) is 0 Å². The molecule has 0 aromatic carbocycles. The Morgan fingerprint density at radius 3 is 2.44 bits per heavy atom. The third kappa shape index (κ3) is 3.44. The van der Waals surface area contributed by atoms with Crippen LogP contribution in [0.25, 0.3) is 0 Å². The summed E-state index contributed by atoms with van der Waals surface area (Å²) in [5, 5.41) is 3.38. The normalized spacial score (nSPS) is 23.6. The highest BCUT2D eigenvalue weighted by atomic mass is 15.3. The van der Waals surface area contributed by atoms with Crippen LogP contribution in [0.4, 0.5) is 0 Å². The Balaban J connectivity index is 1.67. The summed E-state index contributed by atoms with van der Waals surface area (Å²) in [6.07, 6.45) is 5.57. The summed E-state index contributed by atoms with van der Waals surface area (Å²) < 4.78 is 0. The number of rotatable bonds is 6. The molecule has 2 aliphatic heterocycles. The molecule has 0 bridgehead atoms. The van der Waals surface area contributed by atoms with E-state index in [9.17, 15) is 0 Å². The van der Waals surface area contributed by atoms with Gasteiger partial charge in [-0.1, -0.05) is 13.3 Å². The second kappa shape index (κ2) is 6.58. The van der Waals surface area contributed by atoms with Crippen molar-refractivity contribution in [2.24, 2.45) is 0 Å². The summed E-state index contributed by atoms with van der Waals surface area (Å²) in [6, 6.07) is 0.824. The Morgan fingerprint density at radius 2 is 1.88 bits per heavy atom. The first-order valence-electron chi connectivity index (χ1n) is 7.07. The molecule has 1 N–H and O–H groups in total. The number of nitrogens with zero attached hydrogens (tertiary/aromatic N) is 2. The van der Waals surface area contributed by atoms with E-state index in [0.29, 0.717) is 0 Å². The number of likely N-dealkylation sites (tertiary alicyclic amines) is 1. The first kappa shape index (κ1) is 12.3. The summed E-state index contributed by atoms with van der Waals surface area (Å²) in [5.41, 5.74) is 0. The number of piperidine rings is 1. The summed E-state index contributed by atoms with van der Waals surface area (Å²) >= 11 is 0. The van der Waals surface area contributed by atoms with E-state index in [1.807, 2.05) is 0 Å². The average Bonchev–Trinajstić information content (AvgIpc) is 2.25. The first-order chi connectivity index (χ1) is 7.90. The number of hydrogen-bond donors (Lipinski definition) is 1. The molecule has 0 atom stereocenters. The number of hydrogen-bond acceptors (Lipinski definition) is 3. The fourth-order valence-corrected chi connectivity index (χ4v) is 2.75. The standard InChI is InChI=1S/C13H27N3/c1-2-6-16(13-11-14-12-13)10-9-15-7-4-3-5-8-15/h13-14H,2-12H2,1H3. The highest BCUT2D eigenvalue weighted by Gasteiger charge is 2.24. The van der Waals surface area contributed by atoms with E-state index in [1.165, 1.54) is 71.5 Å². The molecule has 0 spiro atoms. The molecule has 2 saturated heterocycles. The van der Waals surface area contributed by atoms with Gasteiger partial charge in [0.05, 0.1) is 0 Å². The van der Waals surface area contributed by atoms with Gasteiger partial charge in [0, 0.05) is 32.2 Å². The van der Waals surface area contributed by atoms with Crippen molar-refractivity contribution in [2.75, 3.05) is 45.8 Å². The van der Waals surface area contributed by atoms with E-state index in [1.54, 1.807) is 0 Å². The molecule has 3 nitrogen and oxygen atoms in total. The van der Waals surface area contributed by atoms with Gasteiger partial charge in [0.15, 0.2) is 0 Å².